The molecule has 0 bridgehead atoms. The first-order chi connectivity index (χ1) is 18.6. The first-order valence-electron chi connectivity index (χ1n) is 13.6. The van der Waals surface area contributed by atoms with E-state index in [0.29, 0.717) is 139 Å². The summed E-state index contributed by atoms with van der Waals surface area (Å²) in [5, 5.41) is 8.56. The highest BCUT2D eigenvalue weighted by Crippen LogP contribution is 2.01. The van der Waals surface area contributed by atoms with Crippen molar-refractivity contribution in [3.8, 4) is 0 Å². The predicted octanol–water partition coefficient (Wildman–Crippen LogP) is 0.996. The molecule has 0 aromatic rings. The van der Waals surface area contributed by atoms with Crippen molar-refractivity contribution in [2.45, 2.75) is 19.6 Å². The third-order valence-corrected chi connectivity index (χ3v) is 5.42. The highest BCUT2D eigenvalue weighted by atomic mass is 28.4. The van der Waals surface area contributed by atoms with Crippen LogP contribution in [0.2, 0.25) is 19.6 Å². The van der Waals surface area contributed by atoms with Crippen LogP contribution in [-0.2, 0) is 51.8 Å². The van der Waals surface area contributed by atoms with Gasteiger partial charge in [0.05, 0.1) is 145 Å². The predicted molar refractivity (Wildman–Crippen MR) is 145 cm³/mol. The van der Waals surface area contributed by atoms with Gasteiger partial charge < -0.3 is 56.9 Å². The van der Waals surface area contributed by atoms with Crippen LogP contribution >= 0.6 is 0 Å². The maximum atomic E-state index is 8.56. The molecule has 0 aromatic carbocycles. The van der Waals surface area contributed by atoms with E-state index in [1.165, 1.54) is 0 Å². The van der Waals surface area contributed by atoms with Gasteiger partial charge in [0.25, 0.3) is 0 Å². The van der Waals surface area contributed by atoms with E-state index < -0.39 is 8.32 Å². The third kappa shape index (κ3) is 35.7. The normalized spacial score (nSPS) is 12.0. The van der Waals surface area contributed by atoms with Crippen molar-refractivity contribution >= 4 is 8.32 Å². The van der Waals surface area contributed by atoms with Crippen LogP contribution in [0.25, 0.3) is 0 Å². The van der Waals surface area contributed by atoms with Crippen LogP contribution < -0.4 is 0 Å². The standard InChI is InChI=1S/C25H54O12Si/c1-38(2,3)37-25-24-36-23-22-35-21-20-34-19-18-33-17-16-32-15-14-31-13-12-30-11-10-29-9-8-28-7-6-27-5-4-26/h26H,4-25H2,1-3H3. The fourth-order valence-electron chi connectivity index (χ4n) is 2.55. The molecule has 13 heteroatoms. The molecular formula is C25H54O12Si. The Morgan fingerprint density at radius 3 is 0.684 bits per heavy atom. The molecule has 0 saturated heterocycles. The lowest BCUT2D eigenvalue weighted by Gasteiger charge is -2.16. The van der Waals surface area contributed by atoms with Crippen LogP contribution in [0.1, 0.15) is 0 Å². The molecule has 38 heavy (non-hydrogen) atoms. The second-order valence-corrected chi connectivity index (χ2v) is 13.3. The number of aliphatic hydroxyl groups is 1. The van der Waals surface area contributed by atoms with Crippen molar-refractivity contribution in [2.24, 2.45) is 0 Å². The minimum Gasteiger partial charge on any atom is -0.415 e. The maximum absolute atomic E-state index is 8.56. The topological polar surface area (TPSA) is 122 Å². The number of ether oxygens (including phenoxy) is 10. The molecule has 0 radical (unpaired) electrons. The molecule has 0 rings (SSSR count). The Morgan fingerprint density at radius 2 is 0.500 bits per heavy atom. The fourth-order valence-corrected chi connectivity index (χ4v) is 3.25. The smallest absolute Gasteiger partial charge is 0.183 e. The van der Waals surface area contributed by atoms with Gasteiger partial charge in [-0.3, -0.25) is 0 Å². The molecule has 230 valence electrons. The Bertz CT molecular complexity index is 443. The Kier molecular flexibility index (Phi) is 31.1. The number of rotatable bonds is 33. The van der Waals surface area contributed by atoms with E-state index in [0.717, 1.165) is 0 Å². The van der Waals surface area contributed by atoms with Gasteiger partial charge in [-0.15, -0.1) is 0 Å². The van der Waals surface area contributed by atoms with Crippen molar-refractivity contribution in [3.63, 3.8) is 0 Å². The molecule has 0 spiro atoms. The van der Waals surface area contributed by atoms with Gasteiger partial charge in [-0.05, 0) is 19.6 Å². The Balaban J connectivity index is 3.04. The molecule has 0 atom stereocenters. The minimum absolute atomic E-state index is 0.0282. The van der Waals surface area contributed by atoms with Crippen molar-refractivity contribution < 1.29 is 56.9 Å². The molecule has 0 unspecified atom stereocenters. The lowest BCUT2D eigenvalue weighted by molar-refractivity contribution is -0.0271. The molecule has 0 aliphatic carbocycles. The first-order valence-corrected chi connectivity index (χ1v) is 17.0. The van der Waals surface area contributed by atoms with E-state index >= 15 is 0 Å². The lowest BCUT2D eigenvalue weighted by Crippen LogP contribution is -2.27. The first kappa shape index (κ1) is 37.7. The second kappa shape index (κ2) is 31.3. The van der Waals surface area contributed by atoms with Gasteiger partial charge in [0.15, 0.2) is 8.32 Å². The van der Waals surface area contributed by atoms with Crippen molar-refractivity contribution in [1.82, 2.24) is 0 Å². The van der Waals surface area contributed by atoms with E-state index in [2.05, 4.69) is 19.6 Å². The van der Waals surface area contributed by atoms with E-state index in [9.17, 15) is 0 Å². The van der Waals surface area contributed by atoms with Gasteiger partial charge in [0.1, 0.15) is 0 Å². The molecule has 0 saturated carbocycles. The van der Waals surface area contributed by atoms with Crippen LogP contribution in [0.4, 0.5) is 0 Å². The Hall–Kier alpha value is -0.263. The van der Waals surface area contributed by atoms with Crippen molar-refractivity contribution in [1.29, 1.82) is 0 Å². The van der Waals surface area contributed by atoms with Crippen LogP contribution in [0.3, 0.4) is 0 Å². The van der Waals surface area contributed by atoms with E-state index in [-0.39, 0.29) is 6.61 Å². The van der Waals surface area contributed by atoms with E-state index in [1.54, 1.807) is 0 Å². The average Bonchev–Trinajstić information content (AvgIpc) is 2.88. The van der Waals surface area contributed by atoms with Crippen molar-refractivity contribution in [2.75, 3.05) is 145 Å². The highest BCUT2D eigenvalue weighted by molar-refractivity contribution is 6.69. The van der Waals surface area contributed by atoms with E-state index in [1.807, 2.05) is 0 Å². The average molecular weight is 575 g/mol. The second-order valence-electron chi connectivity index (χ2n) is 8.81. The highest BCUT2D eigenvalue weighted by Gasteiger charge is 2.13. The van der Waals surface area contributed by atoms with Gasteiger partial charge in [0, 0.05) is 0 Å². The molecule has 0 aliphatic heterocycles. The monoisotopic (exact) mass is 574 g/mol. The Morgan fingerprint density at radius 1 is 0.316 bits per heavy atom. The van der Waals surface area contributed by atoms with Crippen LogP contribution in [0, 0.1) is 0 Å². The number of hydrogen-bond acceptors (Lipinski definition) is 12. The largest absolute Gasteiger partial charge is 0.415 e. The van der Waals surface area contributed by atoms with Crippen LogP contribution in [0.15, 0.2) is 0 Å². The minimum atomic E-state index is -1.45. The van der Waals surface area contributed by atoms with Gasteiger partial charge >= 0.3 is 0 Å². The fraction of sp³-hybridized carbons (Fsp3) is 1.00. The zero-order chi connectivity index (χ0) is 27.8. The quantitative estimate of drug-likeness (QED) is 0.0889. The summed E-state index contributed by atoms with van der Waals surface area (Å²) in [7, 11) is -1.45. The van der Waals surface area contributed by atoms with Gasteiger partial charge in [0.2, 0.25) is 0 Å². The lowest BCUT2D eigenvalue weighted by atomic mass is 10.6. The van der Waals surface area contributed by atoms with Crippen LogP contribution in [0.5, 0.6) is 0 Å². The zero-order valence-corrected chi connectivity index (χ0v) is 25.0. The van der Waals surface area contributed by atoms with E-state index in [4.69, 9.17) is 56.9 Å². The molecule has 0 fully saturated rings. The summed E-state index contributed by atoms with van der Waals surface area (Å²) in [6.07, 6.45) is 0. The molecule has 0 aliphatic rings. The molecule has 0 amide bonds. The Labute approximate surface area is 230 Å². The van der Waals surface area contributed by atoms with Crippen molar-refractivity contribution in [3.05, 3.63) is 0 Å². The molecule has 0 aromatic heterocycles. The maximum Gasteiger partial charge on any atom is 0.183 e. The number of aliphatic hydroxyl groups excluding tert-OH is 1. The summed E-state index contributed by atoms with van der Waals surface area (Å²) >= 11 is 0. The molecular weight excluding hydrogens is 520 g/mol. The third-order valence-electron chi connectivity index (χ3n) is 4.35. The summed E-state index contributed by atoms with van der Waals surface area (Å²) < 4.78 is 59.6. The zero-order valence-electron chi connectivity index (χ0n) is 24.0. The SMILES string of the molecule is C[Si](C)(C)OCCOCCOCCOCCOCCOCCOCCOCCOCCOCCOCCO. The molecule has 1 N–H and O–H groups in total. The molecule has 12 nitrogen and oxygen atoms in total. The van der Waals surface area contributed by atoms with Gasteiger partial charge in [-0.2, -0.15) is 0 Å². The van der Waals surface area contributed by atoms with Gasteiger partial charge in [-0.25, -0.2) is 0 Å². The van der Waals surface area contributed by atoms with Crippen LogP contribution in [-0.4, -0.2) is 159 Å². The summed E-state index contributed by atoms with van der Waals surface area (Å²) in [4.78, 5) is 0. The summed E-state index contributed by atoms with van der Waals surface area (Å²) in [5.74, 6) is 0. The summed E-state index contributed by atoms with van der Waals surface area (Å²) in [5.41, 5.74) is 0. The number of hydrogen-bond donors (Lipinski definition) is 1. The summed E-state index contributed by atoms with van der Waals surface area (Å²) in [6.45, 7) is 17.4. The summed E-state index contributed by atoms with van der Waals surface area (Å²) in [6, 6.07) is 0. The van der Waals surface area contributed by atoms with Gasteiger partial charge in [-0.1, -0.05) is 0 Å². The molecule has 0 heterocycles.